The molecule has 2 N–H and O–H groups in total. The summed E-state index contributed by atoms with van der Waals surface area (Å²) in [5.74, 6) is -0.447. The lowest BCUT2D eigenvalue weighted by atomic mass is 9.91. The summed E-state index contributed by atoms with van der Waals surface area (Å²) in [4.78, 5) is 48.7. The lowest BCUT2D eigenvalue weighted by Crippen LogP contribution is -2.50. The van der Waals surface area contributed by atoms with Crippen molar-refractivity contribution in [2.24, 2.45) is 0 Å². The van der Waals surface area contributed by atoms with E-state index in [1.807, 2.05) is 81.4 Å². The van der Waals surface area contributed by atoms with Gasteiger partial charge in [-0.3, -0.25) is 19.5 Å². The van der Waals surface area contributed by atoms with E-state index >= 15 is 0 Å². The van der Waals surface area contributed by atoms with Crippen LogP contribution < -0.4 is 10.6 Å². The molecule has 0 spiro atoms. The number of carbonyl (C=O) groups is 3. The molecule has 0 saturated carbocycles. The fourth-order valence-electron chi connectivity index (χ4n) is 5.64. The number of aryl methyl sites for hydroxylation is 2. The highest BCUT2D eigenvalue weighted by molar-refractivity contribution is 6.03. The first kappa shape index (κ1) is 27.1. The molecule has 2 aliphatic heterocycles. The molecule has 0 radical (unpaired) electrons. The highest BCUT2D eigenvalue weighted by Gasteiger charge is 2.47. The third-order valence-electron chi connectivity index (χ3n) is 7.66. The van der Waals surface area contributed by atoms with Crippen LogP contribution in [0.25, 0.3) is 0 Å². The van der Waals surface area contributed by atoms with E-state index in [2.05, 4.69) is 21.7 Å². The van der Waals surface area contributed by atoms with Crippen molar-refractivity contribution in [2.75, 3.05) is 19.6 Å². The molecule has 0 bridgehead atoms. The van der Waals surface area contributed by atoms with Crippen molar-refractivity contribution in [1.82, 2.24) is 25.4 Å². The Labute approximate surface area is 235 Å². The van der Waals surface area contributed by atoms with Crippen molar-refractivity contribution in [3.8, 4) is 0 Å². The van der Waals surface area contributed by atoms with Gasteiger partial charge in [0, 0.05) is 37.8 Å². The van der Waals surface area contributed by atoms with E-state index in [4.69, 9.17) is 0 Å². The van der Waals surface area contributed by atoms with E-state index in [-0.39, 0.29) is 24.4 Å². The summed E-state index contributed by atoms with van der Waals surface area (Å²) < 4.78 is 0. The highest BCUT2D eigenvalue weighted by atomic mass is 16.2. The molecular formula is C32H35N5O3. The Morgan fingerprint density at radius 3 is 2.55 bits per heavy atom. The zero-order valence-electron chi connectivity index (χ0n) is 23.2. The number of amides is 4. The minimum atomic E-state index is -0.738. The molecule has 2 aliphatic rings. The molecule has 4 amide bonds. The van der Waals surface area contributed by atoms with Gasteiger partial charge in [0.2, 0.25) is 5.91 Å². The third-order valence-corrected chi connectivity index (χ3v) is 7.66. The molecule has 2 aromatic carbocycles. The van der Waals surface area contributed by atoms with Gasteiger partial charge in [-0.05, 0) is 49.6 Å². The molecule has 3 aromatic rings. The Morgan fingerprint density at radius 1 is 1.07 bits per heavy atom. The first-order chi connectivity index (χ1) is 19.4. The summed E-state index contributed by atoms with van der Waals surface area (Å²) >= 11 is 0. The molecule has 0 fully saturated rings. The lowest BCUT2D eigenvalue weighted by molar-refractivity contribution is -0.136. The molecule has 2 unspecified atom stereocenters. The van der Waals surface area contributed by atoms with Crippen LogP contribution in [0, 0.1) is 13.8 Å². The average Bonchev–Trinajstić information content (AvgIpc) is 3.29. The van der Waals surface area contributed by atoms with E-state index in [0.717, 1.165) is 27.9 Å². The quantitative estimate of drug-likeness (QED) is 0.434. The Morgan fingerprint density at radius 2 is 1.85 bits per heavy atom. The zero-order valence-corrected chi connectivity index (χ0v) is 23.2. The number of hydrogen-bond acceptors (Lipinski definition) is 4. The molecule has 8 heteroatoms. The normalized spacial score (nSPS) is 17.5. The summed E-state index contributed by atoms with van der Waals surface area (Å²) in [7, 11) is 0. The van der Waals surface area contributed by atoms with Gasteiger partial charge in [-0.15, -0.1) is 0 Å². The standard InChI is InChI=1S/C32H35N5O3/c1-4-36-27-20-37(31(39)28(27)29(35-32(36)40)25-14-13-21(2)18-22(25)3)26(19-23-10-6-5-7-11-23)30(38)34-17-15-24-12-8-9-16-33-24/h5-14,16,18,26,29H,4,15,17,19-20H2,1-3H3,(H,34,38)(H,35,40). The third kappa shape index (κ3) is 5.47. The monoisotopic (exact) mass is 537 g/mol. The Kier molecular flexibility index (Phi) is 7.96. The van der Waals surface area contributed by atoms with Crippen LogP contribution >= 0.6 is 0 Å². The first-order valence-corrected chi connectivity index (χ1v) is 13.8. The van der Waals surface area contributed by atoms with Crippen LogP contribution in [-0.4, -0.2) is 58.3 Å². The first-order valence-electron chi connectivity index (χ1n) is 13.8. The fraction of sp³-hybridized carbons (Fsp3) is 0.312. The fourth-order valence-corrected chi connectivity index (χ4v) is 5.64. The van der Waals surface area contributed by atoms with Crippen LogP contribution in [-0.2, 0) is 22.4 Å². The molecule has 1 aromatic heterocycles. The maximum absolute atomic E-state index is 14.2. The van der Waals surface area contributed by atoms with Crippen LogP contribution in [0.4, 0.5) is 4.79 Å². The second kappa shape index (κ2) is 11.7. The molecule has 0 saturated heterocycles. The van der Waals surface area contributed by atoms with Gasteiger partial charge in [0.05, 0.1) is 23.9 Å². The number of hydrogen-bond donors (Lipinski definition) is 2. The smallest absolute Gasteiger partial charge is 0.322 e. The van der Waals surface area contributed by atoms with E-state index < -0.39 is 12.1 Å². The topological polar surface area (TPSA) is 94.6 Å². The molecule has 0 aliphatic carbocycles. The van der Waals surface area contributed by atoms with Gasteiger partial charge in [-0.25, -0.2) is 4.79 Å². The maximum atomic E-state index is 14.2. The van der Waals surface area contributed by atoms with Gasteiger partial charge in [0.1, 0.15) is 6.04 Å². The average molecular weight is 538 g/mol. The summed E-state index contributed by atoms with van der Waals surface area (Å²) in [5, 5.41) is 6.10. The van der Waals surface area contributed by atoms with Crippen LogP contribution in [0.15, 0.2) is 84.2 Å². The Balaban J connectivity index is 1.45. The number of aromatic nitrogens is 1. The number of rotatable bonds is 9. The van der Waals surface area contributed by atoms with Crippen molar-refractivity contribution in [3.63, 3.8) is 0 Å². The van der Waals surface area contributed by atoms with Gasteiger partial charge in [0.15, 0.2) is 0 Å². The lowest BCUT2D eigenvalue weighted by Gasteiger charge is -2.33. The van der Waals surface area contributed by atoms with Gasteiger partial charge in [-0.1, -0.05) is 60.2 Å². The second-order valence-corrected chi connectivity index (χ2v) is 10.3. The van der Waals surface area contributed by atoms with Crippen LogP contribution in [0.1, 0.15) is 40.9 Å². The molecule has 5 rings (SSSR count). The number of benzene rings is 2. The molecule has 2 atom stereocenters. The van der Waals surface area contributed by atoms with E-state index in [9.17, 15) is 14.4 Å². The second-order valence-electron chi connectivity index (χ2n) is 10.3. The van der Waals surface area contributed by atoms with Crippen molar-refractivity contribution in [1.29, 1.82) is 0 Å². The summed E-state index contributed by atoms with van der Waals surface area (Å²) in [6, 6.07) is 19.9. The number of likely N-dealkylation sites (N-methyl/N-ethyl adjacent to an activating group) is 1. The SMILES string of the molecule is CCN1C(=O)NC(c2ccc(C)cc2C)C2=C1CN(C(Cc1ccccc1)C(=O)NCCc1ccccn1)C2=O. The van der Waals surface area contributed by atoms with Crippen molar-refractivity contribution >= 4 is 17.8 Å². The van der Waals surface area contributed by atoms with Crippen LogP contribution in [0.3, 0.4) is 0 Å². The maximum Gasteiger partial charge on any atom is 0.322 e. The number of nitrogens with zero attached hydrogens (tertiary/aromatic N) is 3. The van der Waals surface area contributed by atoms with Gasteiger partial charge in [0.25, 0.3) is 5.91 Å². The van der Waals surface area contributed by atoms with Crippen molar-refractivity contribution < 1.29 is 14.4 Å². The van der Waals surface area contributed by atoms with E-state index in [1.54, 1.807) is 16.0 Å². The van der Waals surface area contributed by atoms with Gasteiger partial charge < -0.3 is 15.5 Å². The number of carbonyl (C=O) groups excluding carboxylic acids is 3. The summed E-state index contributed by atoms with van der Waals surface area (Å²) in [6.07, 6.45) is 2.68. The molecular weight excluding hydrogens is 502 g/mol. The van der Waals surface area contributed by atoms with Gasteiger partial charge >= 0.3 is 6.03 Å². The highest BCUT2D eigenvalue weighted by Crippen LogP contribution is 2.38. The number of nitrogens with one attached hydrogen (secondary N) is 2. The van der Waals surface area contributed by atoms with E-state index in [0.29, 0.717) is 37.2 Å². The minimum Gasteiger partial charge on any atom is -0.354 e. The number of urea groups is 1. The molecule has 40 heavy (non-hydrogen) atoms. The van der Waals surface area contributed by atoms with Gasteiger partial charge in [-0.2, -0.15) is 0 Å². The van der Waals surface area contributed by atoms with E-state index in [1.165, 1.54) is 0 Å². The molecule has 8 nitrogen and oxygen atoms in total. The largest absolute Gasteiger partial charge is 0.354 e. The molecule has 3 heterocycles. The summed E-state index contributed by atoms with van der Waals surface area (Å²) in [5.41, 5.74) is 6.04. The summed E-state index contributed by atoms with van der Waals surface area (Å²) in [6.45, 7) is 6.92. The Bertz CT molecular complexity index is 1440. The molecule has 206 valence electrons. The van der Waals surface area contributed by atoms with Crippen LogP contribution in [0.2, 0.25) is 0 Å². The number of pyridine rings is 1. The Hall–Kier alpha value is -4.46. The van der Waals surface area contributed by atoms with Crippen LogP contribution in [0.5, 0.6) is 0 Å². The van der Waals surface area contributed by atoms with Crippen molar-refractivity contribution in [3.05, 3.63) is 112 Å². The predicted octanol–water partition coefficient (Wildman–Crippen LogP) is 3.85. The van der Waals surface area contributed by atoms with Crippen molar-refractivity contribution in [2.45, 2.75) is 45.7 Å². The zero-order chi connectivity index (χ0) is 28.2. The predicted molar refractivity (Wildman–Crippen MR) is 153 cm³/mol. The minimum absolute atomic E-state index is 0.196.